The van der Waals surface area contributed by atoms with E-state index < -0.39 is 16.1 Å². The lowest BCUT2D eigenvalue weighted by Crippen LogP contribution is -2.38. The van der Waals surface area contributed by atoms with Gasteiger partial charge in [-0.1, -0.05) is 185 Å². The molecule has 0 aliphatic heterocycles. The highest BCUT2D eigenvalue weighted by atomic mass is 28.3. The molecule has 10 aromatic rings. The van der Waals surface area contributed by atoms with E-state index in [0.717, 1.165) is 0 Å². The first-order valence-electron chi connectivity index (χ1n) is 20.0. The van der Waals surface area contributed by atoms with Crippen LogP contribution in [0.5, 0.6) is 0 Å². The molecule has 0 atom stereocenters. The molecule has 0 saturated carbocycles. The molecule has 0 spiro atoms. The summed E-state index contributed by atoms with van der Waals surface area (Å²) < 4.78 is 0. The first-order chi connectivity index (χ1) is 27.1. The zero-order valence-corrected chi connectivity index (χ0v) is 35.2. The molecule has 0 nitrogen and oxygen atoms in total. The summed E-state index contributed by atoms with van der Waals surface area (Å²) in [6.45, 7) is 14.9. The van der Waals surface area contributed by atoms with Gasteiger partial charge in [-0.2, -0.15) is 0 Å². The Morgan fingerprint density at radius 3 is 0.768 bits per heavy atom. The molecule has 10 rings (SSSR count). The van der Waals surface area contributed by atoms with Gasteiger partial charge in [0, 0.05) is 0 Å². The molecular weight excluding hydrogens is 705 g/mol. The second-order valence-electron chi connectivity index (χ2n) is 17.7. The Hall–Kier alpha value is -5.81. The first-order valence-corrected chi connectivity index (χ1v) is 27.0. The van der Waals surface area contributed by atoms with Gasteiger partial charge in [0.2, 0.25) is 0 Å². The average Bonchev–Trinajstić information content (AvgIpc) is 3.19. The van der Waals surface area contributed by atoms with E-state index in [2.05, 4.69) is 209 Å². The van der Waals surface area contributed by atoms with E-state index in [9.17, 15) is 0 Å². The van der Waals surface area contributed by atoms with E-state index in [-0.39, 0.29) is 0 Å². The third kappa shape index (κ3) is 5.46. The summed E-state index contributed by atoms with van der Waals surface area (Å²) in [4.78, 5) is 0. The zero-order valence-electron chi connectivity index (χ0n) is 33.2. The smallest absolute Gasteiger partial charge is 0.0656 e. The van der Waals surface area contributed by atoms with Gasteiger partial charge in [0.05, 0.1) is 16.1 Å². The monoisotopic (exact) mass is 750 g/mol. The molecule has 0 heterocycles. The third-order valence-corrected chi connectivity index (χ3v) is 16.0. The number of rotatable bonds is 5. The highest BCUT2D eigenvalue weighted by Gasteiger charge is 2.27. The normalized spacial score (nSPS) is 12.5. The predicted octanol–water partition coefficient (Wildman–Crippen LogP) is 14.7. The molecule has 0 aliphatic carbocycles. The van der Waals surface area contributed by atoms with Gasteiger partial charge in [0.25, 0.3) is 0 Å². The van der Waals surface area contributed by atoms with Gasteiger partial charge in [-0.15, -0.1) is 0 Å². The van der Waals surface area contributed by atoms with Gasteiger partial charge in [-0.05, 0) is 133 Å². The molecule has 0 amide bonds. The number of fused-ring (bicyclic) bond motifs is 6. The molecular formula is C54H46Si2. The summed E-state index contributed by atoms with van der Waals surface area (Å²) in [6, 6.07) is 64.5. The minimum atomic E-state index is -1.75. The molecule has 0 aliphatic rings. The van der Waals surface area contributed by atoms with Crippen molar-refractivity contribution in [3.8, 4) is 33.4 Å². The maximum absolute atomic E-state index is 2.52. The summed E-state index contributed by atoms with van der Waals surface area (Å²) >= 11 is 0. The quantitative estimate of drug-likeness (QED) is 0.121. The third-order valence-electron chi connectivity index (χ3n) is 11.9. The molecule has 270 valence electrons. The minimum Gasteiger partial charge on any atom is -0.0656 e. The van der Waals surface area contributed by atoms with Crippen LogP contribution in [0.15, 0.2) is 170 Å². The molecule has 0 N–H and O–H groups in total. The van der Waals surface area contributed by atoms with Crippen molar-refractivity contribution in [1.29, 1.82) is 0 Å². The lowest BCUT2D eigenvalue weighted by atomic mass is 9.84. The average molecular weight is 751 g/mol. The predicted molar refractivity (Wildman–Crippen MR) is 254 cm³/mol. The van der Waals surface area contributed by atoms with Crippen molar-refractivity contribution < 1.29 is 0 Å². The SMILES string of the molecule is C[Si](C)(C)c1c2ccccc2c(-c2cc(-c3c4ccccc4cc4ccccc34)cc(-c3c4ccccc4c([Si](C)(C)C)c4ccccc34)c2)c2ccccc12. The summed E-state index contributed by atoms with van der Waals surface area (Å²) in [5, 5.41) is 19.0. The van der Waals surface area contributed by atoms with Crippen molar-refractivity contribution in [3.05, 3.63) is 170 Å². The van der Waals surface area contributed by atoms with Gasteiger partial charge in [0.1, 0.15) is 0 Å². The topological polar surface area (TPSA) is 0 Å². The Morgan fingerprint density at radius 1 is 0.250 bits per heavy atom. The molecule has 0 bridgehead atoms. The van der Waals surface area contributed by atoms with Crippen molar-refractivity contribution in [1.82, 2.24) is 0 Å². The summed E-state index contributed by atoms with van der Waals surface area (Å²) in [6.07, 6.45) is 0. The Kier molecular flexibility index (Phi) is 7.97. The van der Waals surface area contributed by atoms with Crippen molar-refractivity contribution in [2.75, 3.05) is 0 Å². The summed E-state index contributed by atoms with van der Waals surface area (Å²) in [5.41, 5.74) is 7.69. The fourth-order valence-corrected chi connectivity index (χ4v) is 14.0. The van der Waals surface area contributed by atoms with Crippen LogP contribution in [0.1, 0.15) is 0 Å². The number of hydrogen-bond acceptors (Lipinski definition) is 0. The Morgan fingerprint density at radius 2 is 0.482 bits per heavy atom. The van der Waals surface area contributed by atoms with Gasteiger partial charge >= 0.3 is 0 Å². The maximum Gasteiger partial charge on any atom is 0.0792 e. The van der Waals surface area contributed by atoms with Crippen molar-refractivity contribution in [2.45, 2.75) is 39.3 Å². The molecule has 0 aromatic heterocycles. The minimum absolute atomic E-state index is 1.25. The Labute approximate surface area is 332 Å². The van der Waals surface area contributed by atoms with E-state index in [1.54, 1.807) is 10.4 Å². The first kappa shape index (κ1) is 34.7. The fourth-order valence-electron chi connectivity index (χ4n) is 9.88. The Bertz CT molecular complexity index is 2890. The summed E-state index contributed by atoms with van der Waals surface area (Å²) in [5.74, 6) is 0. The van der Waals surface area contributed by atoms with Crippen LogP contribution in [-0.4, -0.2) is 16.1 Å². The van der Waals surface area contributed by atoms with Gasteiger partial charge in [-0.25, -0.2) is 0 Å². The van der Waals surface area contributed by atoms with Gasteiger partial charge < -0.3 is 0 Å². The van der Waals surface area contributed by atoms with Crippen LogP contribution in [-0.2, 0) is 0 Å². The van der Waals surface area contributed by atoms with Gasteiger partial charge in [-0.3, -0.25) is 0 Å². The van der Waals surface area contributed by atoms with Crippen molar-refractivity contribution in [2.24, 2.45) is 0 Å². The highest BCUT2D eigenvalue weighted by Crippen LogP contribution is 2.46. The van der Waals surface area contributed by atoms with E-state index in [1.807, 2.05) is 0 Å². The van der Waals surface area contributed by atoms with E-state index in [4.69, 9.17) is 0 Å². The van der Waals surface area contributed by atoms with Crippen LogP contribution in [0.3, 0.4) is 0 Å². The Balaban J connectivity index is 1.42. The second kappa shape index (κ2) is 12.9. The highest BCUT2D eigenvalue weighted by molar-refractivity contribution is 6.93. The van der Waals surface area contributed by atoms with Crippen LogP contribution in [0, 0.1) is 0 Å². The lowest BCUT2D eigenvalue weighted by molar-refractivity contribution is 1.63. The number of benzene rings is 10. The van der Waals surface area contributed by atoms with E-state index >= 15 is 0 Å². The standard InChI is InChI=1S/C54H46Si2/c1-55(2,3)53-46-27-15-11-23-42(46)51(43-24-12-16-28-47(43)53)38-32-37(50-40-21-9-7-19-35(40)31-36-20-8-10-22-41(36)50)33-39(34-38)52-44-25-13-17-29-48(44)54(56(4,5)6)49-30-18-14-26-45(49)52/h7-34H,1-6H3. The van der Waals surface area contributed by atoms with Crippen LogP contribution in [0.4, 0.5) is 0 Å². The van der Waals surface area contributed by atoms with Crippen LogP contribution in [0.25, 0.3) is 98.0 Å². The van der Waals surface area contributed by atoms with Gasteiger partial charge in [0.15, 0.2) is 0 Å². The number of hydrogen-bond donors (Lipinski definition) is 0. The molecule has 0 fully saturated rings. The molecule has 2 heteroatoms. The molecule has 0 radical (unpaired) electrons. The molecule has 0 unspecified atom stereocenters. The maximum atomic E-state index is 2.52. The zero-order chi connectivity index (χ0) is 38.3. The summed E-state index contributed by atoms with van der Waals surface area (Å²) in [7, 11) is -3.51. The van der Waals surface area contributed by atoms with Crippen LogP contribution < -0.4 is 10.4 Å². The van der Waals surface area contributed by atoms with Crippen LogP contribution in [0.2, 0.25) is 39.3 Å². The molecule has 10 aromatic carbocycles. The van der Waals surface area contributed by atoms with E-state index in [0.29, 0.717) is 0 Å². The van der Waals surface area contributed by atoms with Crippen molar-refractivity contribution in [3.63, 3.8) is 0 Å². The fraction of sp³-hybridized carbons (Fsp3) is 0.111. The van der Waals surface area contributed by atoms with E-state index in [1.165, 1.54) is 98.0 Å². The van der Waals surface area contributed by atoms with Crippen molar-refractivity contribution >= 4 is 91.2 Å². The lowest BCUT2D eigenvalue weighted by Gasteiger charge is -2.26. The largest absolute Gasteiger partial charge is 0.0792 e. The van der Waals surface area contributed by atoms with Crippen LogP contribution >= 0.6 is 0 Å². The second-order valence-corrected chi connectivity index (χ2v) is 27.7. The molecule has 0 saturated heterocycles. The molecule has 56 heavy (non-hydrogen) atoms.